The van der Waals surface area contributed by atoms with Gasteiger partial charge in [-0.1, -0.05) is 25.1 Å². The van der Waals surface area contributed by atoms with Crippen LogP contribution in [0.2, 0.25) is 0 Å². The SMILES string of the molecule is CC[C@H](C)NC(=O)[C@H]1C[C@H](C)N(CC(=O)N2CCOCC2)c2ccccc21. The van der Waals surface area contributed by atoms with Gasteiger partial charge in [-0.3, -0.25) is 9.59 Å². The van der Waals surface area contributed by atoms with Crippen molar-refractivity contribution < 1.29 is 14.3 Å². The number of rotatable bonds is 5. The molecule has 27 heavy (non-hydrogen) atoms. The summed E-state index contributed by atoms with van der Waals surface area (Å²) in [6.07, 6.45) is 1.63. The maximum Gasteiger partial charge on any atom is 0.242 e. The average molecular weight is 373 g/mol. The second kappa shape index (κ2) is 8.74. The number of hydrogen-bond donors (Lipinski definition) is 1. The molecule has 1 saturated heterocycles. The molecule has 2 amide bonds. The molecule has 6 heteroatoms. The molecule has 3 atom stereocenters. The highest BCUT2D eigenvalue weighted by atomic mass is 16.5. The molecule has 6 nitrogen and oxygen atoms in total. The molecule has 1 aromatic carbocycles. The number of nitrogens with zero attached hydrogens (tertiary/aromatic N) is 2. The molecule has 0 aliphatic carbocycles. The Balaban J connectivity index is 1.79. The molecule has 2 heterocycles. The number of fused-ring (bicyclic) bond motifs is 1. The maximum absolute atomic E-state index is 12.8. The van der Waals surface area contributed by atoms with Crippen molar-refractivity contribution in [3.05, 3.63) is 29.8 Å². The van der Waals surface area contributed by atoms with E-state index < -0.39 is 0 Å². The van der Waals surface area contributed by atoms with Gasteiger partial charge < -0.3 is 19.9 Å². The third kappa shape index (κ3) is 4.43. The van der Waals surface area contributed by atoms with E-state index in [0.717, 1.165) is 24.1 Å². The van der Waals surface area contributed by atoms with Crippen LogP contribution >= 0.6 is 0 Å². The van der Waals surface area contributed by atoms with E-state index in [1.165, 1.54) is 0 Å². The first kappa shape index (κ1) is 19.7. The Morgan fingerprint density at radius 2 is 1.96 bits per heavy atom. The van der Waals surface area contributed by atoms with Crippen LogP contribution in [0.15, 0.2) is 24.3 Å². The lowest BCUT2D eigenvalue weighted by atomic mass is 9.85. The first-order chi connectivity index (χ1) is 13.0. The van der Waals surface area contributed by atoms with Gasteiger partial charge in [0.25, 0.3) is 0 Å². The molecule has 0 bridgehead atoms. The fourth-order valence-corrected chi connectivity index (χ4v) is 3.87. The number of ether oxygens (including phenoxy) is 1. The Morgan fingerprint density at radius 3 is 2.67 bits per heavy atom. The zero-order valence-electron chi connectivity index (χ0n) is 16.6. The lowest BCUT2D eigenvalue weighted by molar-refractivity contribution is -0.133. The Kier molecular flexibility index (Phi) is 6.37. The van der Waals surface area contributed by atoms with Gasteiger partial charge in [0, 0.05) is 30.9 Å². The molecule has 2 aliphatic rings. The highest BCUT2D eigenvalue weighted by Gasteiger charge is 2.35. The zero-order valence-corrected chi connectivity index (χ0v) is 16.6. The summed E-state index contributed by atoms with van der Waals surface area (Å²) >= 11 is 0. The number of anilines is 1. The van der Waals surface area contributed by atoms with E-state index in [9.17, 15) is 9.59 Å². The molecule has 3 rings (SSSR count). The molecule has 148 valence electrons. The van der Waals surface area contributed by atoms with Crippen molar-refractivity contribution in [2.24, 2.45) is 0 Å². The second-order valence-corrected chi connectivity index (χ2v) is 7.64. The van der Waals surface area contributed by atoms with Crippen LogP contribution < -0.4 is 10.2 Å². The molecule has 0 aromatic heterocycles. The highest BCUT2D eigenvalue weighted by Crippen LogP contribution is 2.38. The van der Waals surface area contributed by atoms with Crippen LogP contribution in [0.5, 0.6) is 0 Å². The number of para-hydroxylation sites is 1. The van der Waals surface area contributed by atoms with Gasteiger partial charge in [0.2, 0.25) is 11.8 Å². The van der Waals surface area contributed by atoms with Crippen LogP contribution in [0, 0.1) is 0 Å². The van der Waals surface area contributed by atoms with E-state index >= 15 is 0 Å². The number of nitrogens with one attached hydrogen (secondary N) is 1. The van der Waals surface area contributed by atoms with Crippen LogP contribution in [-0.4, -0.2) is 61.6 Å². The first-order valence-corrected chi connectivity index (χ1v) is 10.0. The molecule has 0 saturated carbocycles. The Bertz CT molecular complexity index is 672. The van der Waals surface area contributed by atoms with Crippen molar-refractivity contribution in [3.63, 3.8) is 0 Å². The van der Waals surface area contributed by atoms with E-state index in [2.05, 4.69) is 24.1 Å². The van der Waals surface area contributed by atoms with Crippen LogP contribution in [0.25, 0.3) is 0 Å². The van der Waals surface area contributed by atoms with E-state index in [1.54, 1.807) is 0 Å². The van der Waals surface area contributed by atoms with Crippen molar-refractivity contribution in [3.8, 4) is 0 Å². The van der Waals surface area contributed by atoms with Crippen molar-refractivity contribution in [2.45, 2.75) is 51.6 Å². The molecular weight excluding hydrogens is 342 g/mol. The predicted octanol–water partition coefficient (Wildman–Crippen LogP) is 2.14. The Labute approximate surface area is 161 Å². The van der Waals surface area contributed by atoms with Gasteiger partial charge in [-0.05, 0) is 38.3 Å². The van der Waals surface area contributed by atoms with E-state index in [4.69, 9.17) is 4.74 Å². The molecule has 1 N–H and O–H groups in total. The smallest absolute Gasteiger partial charge is 0.242 e. The molecular formula is C21H31N3O3. The number of benzene rings is 1. The van der Waals surface area contributed by atoms with E-state index in [-0.39, 0.29) is 29.8 Å². The van der Waals surface area contributed by atoms with E-state index in [1.807, 2.05) is 36.1 Å². The average Bonchev–Trinajstić information content (AvgIpc) is 2.70. The first-order valence-electron chi connectivity index (χ1n) is 10.0. The number of carbonyl (C=O) groups excluding carboxylic acids is 2. The predicted molar refractivity (Wildman–Crippen MR) is 106 cm³/mol. The Morgan fingerprint density at radius 1 is 1.26 bits per heavy atom. The lowest BCUT2D eigenvalue weighted by Gasteiger charge is -2.41. The third-order valence-corrected chi connectivity index (χ3v) is 5.72. The van der Waals surface area contributed by atoms with Gasteiger partial charge >= 0.3 is 0 Å². The number of amides is 2. The number of carbonyl (C=O) groups is 2. The van der Waals surface area contributed by atoms with Crippen LogP contribution in [0.4, 0.5) is 5.69 Å². The second-order valence-electron chi connectivity index (χ2n) is 7.64. The van der Waals surface area contributed by atoms with Crippen molar-refractivity contribution in [1.82, 2.24) is 10.2 Å². The van der Waals surface area contributed by atoms with Crippen LogP contribution in [0.1, 0.15) is 45.1 Å². The minimum absolute atomic E-state index is 0.0859. The summed E-state index contributed by atoms with van der Waals surface area (Å²) in [6, 6.07) is 8.29. The molecule has 2 aliphatic heterocycles. The monoisotopic (exact) mass is 373 g/mol. The maximum atomic E-state index is 12.8. The summed E-state index contributed by atoms with van der Waals surface area (Å²) in [5.74, 6) is 0.0465. The van der Waals surface area contributed by atoms with Crippen LogP contribution in [-0.2, 0) is 14.3 Å². The topological polar surface area (TPSA) is 61.9 Å². The van der Waals surface area contributed by atoms with Crippen molar-refractivity contribution in [1.29, 1.82) is 0 Å². The van der Waals surface area contributed by atoms with Crippen LogP contribution in [0.3, 0.4) is 0 Å². The number of morpholine rings is 1. The molecule has 1 aromatic rings. The molecule has 0 radical (unpaired) electrons. The fraction of sp³-hybridized carbons (Fsp3) is 0.619. The summed E-state index contributed by atoms with van der Waals surface area (Å²) in [5, 5.41) is 3.12. The molecule has 1 fully saturated rings. The van der Waals surface area contributed by atoms with Gasteiger partial charge in [0.15, 0.2) is 0 Å². The van der Waals surface area contributed by atoms with E-state index in [0.29, 0.717) is 32.8 Å². The standard InChI is InChI=1S/C21H31N3O3/c1-4-15(2)22-21(26)18-13-16(3)24(19-8-6-5-7-17(18)19)14-20(25)23-9-11-27-12-10-23/h5-8,15-16,18H,4,9-14H2,1-3H3,(H,22,26)/t15-,16-,18-/m0/s1. The fourth-order valence-electron chi connectivity index (χ4n) is 3.87. The minimum Gasteiger partial charge on any atom is -0.378 e. The summed E-state index contributed by atoms with van der Waals surface area (Å²) in [6.45, 7) is 9.07. The summed E-state index contributed by atoms with van der Waals surface area (Å²) in [7, 11) is 0. The molecule has 0 unspecified atom stereocenters. The lowest BCUT2D eigenvalue weighted by Crippen LogP contribution is -2.50. The minimum atomic E-state index is -0.167. The number of hydrogen-bond acceptors (Lipinski definition) is 4. The third-order valence-electron chi connectivity index (χ3n) is 5.72. The van der Waals surface area contributed by atoms with Crippen molar-refractivity contribution in [2.75, 3.05) is 37.7 Å². The van der Waals surface area contributed by atoms with Gasteiger partial charge in [-0.15, -0.1) is 0 Å². The van der Waals surface area contributed by atoms with Gasteiger partial charge in [-0.2, -0.15) is 0 Å². The highest BCUT2D eigenvalue weighted by molar-refractivity contribution is 5.88. The molecule has 0 spiro atoms. The Hall–Kier alpha value is -2.08. The summed E-state index contributed by atoms with van der Waals surface area (Å²) in [4.78, 5) is 29.6. The van der Waals surface area contributed by atoms with Gasteiger partial charge in [-0.25, -0.2) is 0 Å². The quantitative estimate of drug-likeness (QED) is 0.859. The van der Waals surface area contributed by atoms with Gasteiger partial charge in [0.1, 0.15) is 0 Å². The van der Waals surface area contributed by atoms with Gasteiger partial charge in [0.05, 0.1) is 25.7 Å². The zero-order chi connectivity index (χ0) is 19.4. The largest absolute Gasteiger partial charge is 0.378 e. The summed E-state index contributed by atoms with van der Waals surface area (Å²) in [5.41, 5.74) is 2.02. The van der Waals surface area contributed by atoms with Crippen molar-refractivity contribution >= 4 is 17.5 Å². The summed E-state index contributed by atoms with van der Waals surface area (Å²) < 4.78 is 5.35. The normalized spacial score (nSPS) is 23.5.